The van der Waals surface area contributed by atoms with E-state index in [9.17, 15) is 0 Å². The van der Waals surface area contributed by atoms with Gasteiger partial charge in [-0.25, -0.2) is 0 Å². The van der Waals surface area contributed by atoms with E-state index in [2.05, 4.69) is 143 Å². The highest BCUT2D eigenvalue weighted by molar-refractivity contribution is 8.05. The molecule has 0 saturated carbocycles. The molecule has 0 N–H and O–H groups in total. The molecule has 4 nitrogen and oxygen atoms in total. The number of benzene rings is 7. The standard InChI is InChI=1S/C51H39NO3S2/c1-50(2,3)31-20-22-32(23-21-31)52(33-24-26-35-34-12-6-7-13-39(34)53-43(35)28-33)38-29-37-36(48-49(38)57-45-17-11-10-16-44(45)56-48)25-18-30-19-27-42-47(46(30)51(37,4)5)55-41-15-9-8-14-40(41)54-42/h6-29H,1-5H3. The first-order valence-electron chi connectivity index (χ1n) is 19.4. The Kier molecular flexibility index (Phi) is 7.61. The summed E-state index contributed by atoms with van der Waals surface area (Å²) >= 11 is 3.72. The Hall–Kier alpha value is -5.82. The summed E-state index contributed by atoms with van der Waals surface area (Å²) in [6.07, 6.45) is 4.58. The molecule has 57 heavy (non-hydrogen) atoms. The molecule has 0 bridgehead atoms. The topological polar surface area (TPSA) is 34.8 Å². The Bertz CT molecular complexity index is 2990. The largest absolute Gasteiger partial charge is 0.456 e. The molecule has 0 unspecified atom stereocenters. The fraction of sp³-hybridized carbons (Fsp3) is 0.137. The van der Waals surface area contributed by atoms with E-state index >= 15 is 0 Å². The van der Waals surface area contributed by atoms with Crippen molar-refractivity contribution in [1.82, 2.24) is 0 Å². The third-order valence-electron chi connectivity index (χ3n) is 11.5. The van der Waals surface area contributed by atoms with Crippen molar-refractivity contribution in [3.8, 4) is 23.0 Å². The maximum absolute atomic E-state index is 6.77. The highest BCUT2D eigenvalue weighted by atomic mass is 32.2. The van der Waals surface area contributed by atoms with Crippen LogP contribution in [0.15, 0.2) is 157 Å². The average Bonchev–Trinajstić information content (AvgIpc) is 3.54. The van der Waals surface area contributed by atoms with Gasteiger partial charge in [0.15, 0.2) is 23.0 Å². The zero-order valence-electron chi connectivity index (χ0n) is 32.3. The van der Waals surface area contributed by atoms with Crippen LogP contribution in [0.2, 0.25) is 0 Å². The van der Waals surface area contributed by atoms with E-state index in [0.29, 0.717) is 0 Å². The number of furan rings is 1. The van der Waals surface area contributed by atoms with Crippen LogP contribution < -0.4 is 14.4 Å². The van der Waals surface area contributed by atoms with Gasteiger partial charge in [-0.2, -0.15) is 0 Å². The Morgan fingerprint density at radius 1 is 0.579 bits per heavy atom. The average molecular weight is 778 g/mol. The molecule has 3 heterocycles. The van der Waals surface area contributed by atoms with Crippen molar-refractivity contribution in [2.45, 2.75) is 65.0 Å². The molecule has 3 aliphatic rings. The second kappa shape index (κ2) is 12.6. The Morgan fingerprint density at radius 3 is 2.02 bits per heavy atom. The highest BCUT2D eigenvalue weighted by Gasteiger charge is 2.39. The molecule has 0 radical (unpaired) electrons. The van der Waals surface area contributed by atoms with E-state index in [0.717, 1.165) is 73.1 Å². The minimum absolute atomic E-state index is 0.0190. The second-order valence-electron chi connectivity index (χ2n) is 16.5. The normalized spacial score (nSPS) is 14.6. The first-order valence-corrected chi connectivity index (χ1v) is 21.0. The molecule has 11 rings (SSSR count). The maximum atomic E-state index is 6.77. The van der Waals surface area contributed by atoms with Gasteiger partial charge in [0.1, 0.15) is 11.2 Å². The first-order chi connectivity index (χ1) is 27.6. The van der Waals surface area contributed by atoms with Crippen LogP contribution >= 0.6 is 23.5 Å². The van der Waals surface area contributed by atoms with Crippen molar-refractivity contribution >= 4 is 74.7 Å². The van der Waals surface area contributed by atoms with Gasteiger partial charge in [0.25, 0.3) is 0 Å². The molecule has 0 amide bonds. The molecule has 1 aromatic heterocycles. The summed E-state index contributed by atoms with van der Waals surface area (Å²) in [6.45, 7) is 11.5. The van der Waals surface area contributed by atoms with Crippen LogP contribution in [0.4, 0.5) is 17.1 Å². The van der Waals surface area contributed by atoms with Crippen LogP contribution in [0.5, 0.6) is 23.0 Å². The van der Waals surface area contributed by atoms with Gasteiger partial charge in [-0.3, -0.25) is 0 Å². The van der Waals surface area contributed by atoms with Gasteiger partial charge < -0.3 is 18.8 Å². The van der Waals surface area contributed by atoms with Gasteiger partial charge in [-0.1, -0.05) is 131 Å². The van der Waals surface area contributed by atoms with E-state index < -0.39 is 5.41 Å². The second-order valence-corrected chi connectivity index (χ2v) is 18.6. The number of nitrogens with zero attached hydrogens (tertiary/aromatic N) is 1. The van der Waals surface area contributed by atoms with Crippen LogP contribution in [0, 0.1) is 0 Å². The molecule has 0 fully saturated rings. The van der Waals surface area contributed by atoms with Crippen molar-refractivity contribution in [2.24, 2.45) is 0 Å². The molecular formula is C51H39NO3S2. The van der Waals surface area contributed by atoms with Gasteiger partial charge in [0.2, 0.25) is 0 Å². The smallest absolute Gasteiger partial charge is 0.174 e. The summed E-state index contributed by atoms with van der Waals surface area (Å²) in [5.41, 5.74) is 10.5. The van der Waals surface area contributed by atoms with E-state index in [1.165, 1.54) is 36.3 Å². The lowest BCUT2D eigenvalue weighted by atomic mass is 9.74. The monoisotopic (exact) mass is 777 g/mol. The lowest BCUT2D eigenvalue weighted by Gasteiger charge is -2.36. The number of hydrogen-bond acceptors (Lipinski definition) is 6. The Morgan fingerprint density at radius 2 is 1.25 bits per heavy atom. The molecule has 7 aromatic carbocycles. The van der Waals surface area contributed by atoms with E-state index in [1.54, 1.807) is 0 Å². The van der Waals surface area contributed by atoms with Crippen molar-refractivity contribution in [2.75, 3.05) is 4.90 Å². The number of anilines is 3. The Balaban J connectivity index is 1.18. The molecule has 278 valence electrons. The van der Waals surface area contributed by atoms with Crippen LogP contribution in [0.25, 0.3) is 34.1 Å². The zero-order valence-corrected chi connectivity index (χ0v) is 34.0. The van der Waals surface area contributed by atoms with Crippen molar-refractivity contribution < 1.29 is 13.9 Å². The summed E-state index contributed by atoms with van der Waals surface area (Å²) < 4.78 is 19.8. The quantitative estimate of drug-likeness (QED) is 0.178. The molecule has 1 aliphatic carbocycles. The van der Waals surface area contributed by atoms with Gasteiger partial charge in [-0.05, 0) is 94.4 Å². The lowest BCUT2D eigenvalue weighted by molar-refractivity contribution is 0.351. The van der Waals surface area contributed by atoms with Gasteiger partial charge in [0.05, 0.1) is 10.6 Å². The summed E-state index contributed by atoms with van der Waals surface area (Å²) in [7, 11) is 0. The maximum Gasteiger partial charge on any atom is 0.174 e. The van der Waals surface area contributed by atoms with Crippen LogP contribution in [-0.2, 0) is 10.8 Å². The molecule has 0 spiro atoms. The minimum Gasteiger partial charge on any atom is -0.456 e. The van der Waals surface area contributed by atoms with Crippen LogP contribution in [-0.4, -0.2) is 0 Å². The van der Waals surface area contributed by atoms with Crippen molar-refractivity contribution in [3.63, 3.8) is 0 Å². The number of fused-ring (bicyclic) bond motifs is 11. The summed E-state index contributed by atoms with van der Waals surface area (Å²) in [5.74, 6) is 2.95. The third-order valence-corrected chi connectivity index (χ3v) is 14.2. The minimum atomic E-state index is -0.494. The van der Waals surface area contributed by atoms with Gasteiger partial charge in [-0.15, -0.1) is 0 Å². The summed E-state index contributed by atoms with van der Waals surface area (Å²) in [6, 6.07) is 47.4. The molecule has 8 aromatic rings. The number of ether oxygens (including phenoxy) is 2. The summed E-state index contributed by atoms with van der Waals surface area (Å²) in [5, 5.41) is 2.23. The zero-order chi connectivity index (χ0) is 38.6. The number of para-hydroxylation sites is 3. The van der Waals surface area contributed by atoms with Crippen LogP contribution in [0.3, 0.4) is 0 Å². The SMILES string of the molecule is CC(C)(C)c1ccc(N(c2ccc3c(c2)oc2ccccc23)c2cc3c(c4c2Sc2ccccc2S4)C=Cc2ccc4c(c2C3(C)C)Oc2ccccc2O4)cc1. The molecule has 0 atom stereocenters. The molecule has 6 heteroatoms. The van der Waals surface area contributed by atoms with Gasteiger partial charge in [0, 0.05) is 53.9 Å². The fourth-order valence-electron chi connectivity index (χ4n) is 8.62. The predicted octanol–water partition coefficient (Wildman–Crippen LogP) is 15.7. The Labute approximate surface area is 341 Å². The number of hydrogen-bond donors (Lipinski definition) is 0. The highest BCUT2D eigenvalue weighted by Crippen LogP contribution is 2.60. The number of rotatable bonds is 3. The van der Waals surface area contributed by atoms with Crippen molar-refractivity contribution in [1.29, 1.82) is 0 Å². The fourth-order valence-corrected chi connectivity index (χ4v) is 11.1. The molecular weight excluding hydrogens is 739 g/mol. The molecule has 0 saturated heterocycles. The first kappa shape index (κ1) is 34.4. The van der Waals surface area contributed by atoms with E-state index in [-0.39, 0.29) is 5.41 Å². The van der Waals surface area contributed by atoms with E-state index in [4.69, 9.17) is 13.9 Å². The summed E-state index contributed by atoms with van der Waals surface area (Å²) in [4.78, 5) is 7.43. The predicted molar refractivity (Wildman–Crippen MR) is 236 cm³/mol. The molecule has 2 aliphatic heterocycles. The lowest BCUT2D eigenvalue weighted by Crippen LogP contribution is -2.24. The van der Waals surface area contributed by atoms with Crippen LogP contribution in [0.1, 0.15) is 62.4 Å². The van der Waals surface area contributed by atoms with Crippen molar-refractivity contribution in [3.05, 3.63) is 161 Å². The third kappa shape index (κ3) is 5.45. The van der Waals surface area contributed by atoms with E-state index in [1.807, 2.05) is 66.0 Å². The van der Waals surface area contributed by atoms with Gasteiger partial charge >= 0.3 is 0 Å².